The Morgan fingerprint density at radius 1 is 1.46 bits per heavy atom. The molecule has 0 spiro atoms. The zero-order chi connectivity index (χ0) is 20.9. The number of hydrazine groups is 1. The summed E-state index contributed by atoms with van der Waals surface area (Å²) < 4.78 is 60.0. The molecule has 1 aliphatic rings. The van der Waals surface area contributed by atoms with Crippen molar-refractivity contribution in [3.05, 3.63) is 29.0 Å². The molecule has 12 heteroatoms. The van der Waals surface area contributed by atoms with Crippen LogP contribution in [0.1, 0.15) is 6.42 Å². The van der Waals surface area contributed by atoms with Crippen molar-refractivity contribution in [1.29, 1.82) is 0 Å². The number of rotatable bonds is 7. The summed E-state index contributed by atoms with van der Waals surface area (Å²) in [5.74, 6) is -2.77. The third-order valence-corrected chi connectivity index (χ3v) is 4.29. The Bertz CT molecular complexity index is 680. The van der Waals surface area contributed by atoms with E-state index in [-0.39, 0.29) is 30.5 Å². The van der Waals surface area contributed by atoms with Crippen LogP contribution in [0.25, 0.3) is 0 Å². The fourth-order valence-electron chi connectivity index (χ4n) is 2.46. The van der Waals surface area contributed by atoms with Crippen molar-refractivity contribution in [3.63, 3.8) is 0 Å². The average Bonchev–Trinajstić information content (AvgIpc) is 2.62. The number of ether oxygens (including phenoxy) is 2. The fourth-order valence-corrected chi connectivity index (χ4v) is 2.58. The molecular formula is C16H20ClF4N3O4. The van der Waals surface area contributed by atoms with Crippen LogP contribution in [-0.4, -0.2) is 66.8 Å². The van der Waals surface area contributed by atoms with Crippen LogP contribution in [0.5, 0.6) is 5.75 Å². The minimum Gasteiger partial charge on any atom is -0.491 e. The highest BCUT2D eigenvalue weighted by Gasteiger charge is 2.44. The summed E-state index contributed by atoms with van der Waals surface area (Å²) in [6.07, 6.45) is -6.94. The van der Waals surface area contributed by atoms with E-state index in [2.05, 4.69) is 10.2 Å². The molecule has 0 aliphatic carbocycles. The van der Waals surface area contributed by atoms with Crippen LogP contribution >= 0.6 is 11.6 Å². The molecule has 1 heterocycles. The molecule has 3 unspecified atom stereocenters. The number of hydrogen-bond acceptors (Lipinski definition) is 7. The lowest BCUT2D eigenvalue weighted by Crippen LogP contribution is -2.57. The minimum atomic E-state index is -5.09. The lowest BCUT2D eigenvalue weighted by molar-refractivity contribution is -0.208. The summed E-state index contributed by atoms with van der Waals surface area (Å²) in [7, 11) is 0. The first-order valence-electron chi connectivity index (χ1n) is 8.34. The van der Waals surface area contributed by atoms with Crippen LogP contribution in [0.3, 0.4) is 0 Å². The number of alkyl halides is 3. The van der Waals surface area contributed by atoms with Crippen LogP contribution in [0.2, 0.25) is 5.02 Å². The number of nitrogens with one attached hydrogen (secondary N) is 1. The van der Waals surface area contributed by atoms with Crippen LogP contribution < -0.4 is 15.9 Å². The van der Waals surface area contributed by atoms with Gasteiger partial charge in [0, 0.05) is 25.2 Å². The van der Waals surface area contributed by atoms with Gasteiger partial charge in [-0.15, -0.1) is 0 Å². The van der Waals surface area contributed by atoms with Gasteiger partial charge in [-0.3, -0.25) is 5.43 Å². The first kappa shape index (κ1) is 22.6. The summed E-state index contributed by atoms with van der Waals surface area (Å²) in [6, 6.07) is 3.11. The number of halogens is 5. The molecule has 4 N–H and O–H groups in total. The molecule has 3 atom stereocenters. The summed E-state index contributed by atoms with van der Waals surface area (Å²) in [5, 5.41) is 11.4. The van der Waals surface area contributed by atoms with Crippen molar-refractivity contribution < 1.29 is 36.9 Å². The van der Waals surface area contributed by atoms with Crippen LogP contribution in [0.4, 0.5) is 17.6 Å². The molecule has 1 aromatic rings. The predicted octanol–water partition coefficient (Wildman–Crippen LogP) is 1.23. The van der Waals surface area contributed by atoms with E-state index in [0.29, 0.717) is 13.0 Å². The van der Waals surface area contributed by atoms with E-state index in [4.69, 9.17) is 22.1 Å². The second-order valence-electron chi connectivity index (χ2n) is 6.24. The van der Waals surface area contributed by atoms with E-state index in [1.54, 1.807) is 0 Å². The van der Waals surface area contributed by atoms with E-state index in [1.807, 2.05) is 0 Å². The maximum Gasteiger partial charge on any atom is 0.490 e. The van der Waals surface area contributed by atoms with Crippen LogP contribution in [-0.2, 0) is 9.53 Å². The number of aliphatic hydroxyl groups excluding tert-OH is 1. The van der Waals surface area contributed by atoms with Gasteiger partial charge in [0.1, 0.15) is 30.4 Å². The van der Waals surface area contributed by atoms with Gasteiger partial charge in [0.2, 0.25) is 0 Å². The maximum atomic E-state index is 13.3. The number of carbonyl (C=O) groups is 1. The molecule has 1 aromatic carbocycles. The first-order chi connectivity index (χ1) is 13.1. The van der Waals surface area contributed by atoms with Gasteiger partial charge in [-0.25, -0.2) is 14.2 Å². The largest absolute Gasteiger partial charge is 0.491 e. The van der Waals surface area contributed by atoms with Gasteiger partial charge >= 0.3 is 12.1 Å². The second-order valence-corrected chi connectivity index (χ2v) is 6.65. The Balaban J connectivity index is 1.76. The highest BCUT2D eigenvalue weighted by Crippen LogP contribution is 2.21. The third-order valence-electron chi connectivity index (χ3n) is 3.98. The summed E-state index contributed by atoms with van der Waals surface area (Å²) in [4.78, 5) is 11.0. The second kappa shape index (κ2) is 9.70. The number of hydrogen-bond donors (Lipinski definition) is 3. The average molecular weight is 430 g/mol. The molecular weight excluding hydrogens is 410 g/mol. The van der Waals surface area contributed by atoms with Crippen LogP contribution in [0.15, 0.2) is 18.2 Å². The molecule has 7 nitrogen and oxygen atoms in total. The highest BCUT2D eigenvalue weighted by atomic mass is 35.5. The maximum absolute atomic E-state index is 13.3. The molecule has 0 bridgehead atoms. The minimum absolute atomic E-state index is 0.00521. The van der Waals surface area contributed by atoms with Crippen molar-refractivity contribution in [2.45, 2.75) is 30.8 Å². The number of nitrogens with two attached hydrogens (primary N) is 1. The number of carbonyl (C=O) groups excluding carboxylic acids is 1. The zero-order valence-corrected chi connectivity index (χ0v) is 15.3. The Labute approximate surface area is 163 Å². The molecule has 28 heavy (non-hydrogen) atoms. The molecule has 1 fully saturated rings. The lowest BCUT2D eigenvalue weighted by Gasteiger charge is -2.36. The van der Waals surface area contributed by atoms with E-state index < -0.39 is 36.2 Å². The first-order valence-corrected chi connectivity index (χ1v) is 8.72. The van der Waals surface area contributed by atoms with Crippen molar-refractivity contribution in [3.8, 4) is 5.75 Å². The topological polar surface area (TPSA) is 97.1 Å². The van der Waals surface area contributed by atoms with Gasteiger partial charge in [-0.2, -0.15) is 13.2 Å². The SMILES string of the molecule is NC1CCN(NCC(O)COc2ccc(Cl)c(F)c2)CC1OC(=O)C(F)(F)F. The van der Waals surface area contributed by atoms with Gasteiger partial charge in [-0.1, -0.05) is 11.6 Å². The number of aliphatic hydroxyl groups is 1. The molecule has 0 aromatic heterocycles. The number of esters is 1. The molecule has 2 rings (SSSR count). The predicted molar refractivity (Wildman–Crippen MR) is 91.0 cm³/mol. The van der Waals surface area contributed by atoms with E-state index in [9.17, 15) is 27.5 Å². The molecule has 0 amide bonds. The Morgan fingerprint density at radius 2 is 2.18 bits per heavy atom. The summed E-state index contributed by atoms with van der Waals surface area (Å²) >= 11 is 5.56. The quantitative estimate of drug-likeness (QED) is 0.443. The van der Waals surface area contributed by atoms with Gasteiger partial charge in [0.25, 0.3) is 0 Å². The summed E-state index contributed by atoms with van der Waals surface area (Å²) in [6.45, 7) is 0.162. The molecule has 0 radical (unpaired) electrons. The van der Waals surface area contributed by atoms with E-state index >= 15 is 0 Å². The number of nitrogens with zero attached hydrogens (tertiary/aromatic N) is 1. The van der Waals surface area contributed by atoms with Crippen molar-refractivity contribution in [2.75, 3.05) is 26.2 Å². The lowest BCUT2D eigenvalue weighted by atomic mass is 10.0. The molecule has 158 valence electrons. The Hall–Kier alpha value is -1.66. The monoisotopic (exact) mass is 429 g/mol. The van der Waals surface area contributed by atoms with Gasteiger partial charge < -0.3 is 20.3 Å². The van der Waals surface area contributed by atoms with Gasteiger partial charge in [-0.05, 0) is 18.6 Å². The number of piperidine rings is 1. The summed E-state index contributed by atoms with van der Waals surface area (Å²) in [5.41, 5.74) is 8.54. The Morgan fingerprint density at radius 3 is 2.82 bits per heavy atom. The smallest absolute Gasteiger partial charge is 0.490 e. The van der Waals surface area contributed by atoms with Gasteiger partial charge in [0.15, 0.2) is 0 Å². The van der Waals surface area contributed by atoms with Crippen molar-refractivity contribution in [2.24, 2.45) is 5.73 Å². The molecule has 1 saturated heterocycles. The van der Waals surface area contributed by atoms with Crippen LogP contribution in [0, 0.1) is 5.82 Å². The normalized spacial score (nSPS) is 22.0. The standard InChI is InChI=1S/C16H20ClF4N3O4/c17-11-2-1-10(5-12(11)18)27-8-9(25)6-23-24-4-3-13(22)14(7-24)28-15(26)16(19,20)21/h1-2,5,9,13-14,23,25H,3-4,6-8,22H2. The zero-order valence-electron chi connectivity index (χ0n) is 14.6. The molecule has 1 aliphatic heterocycles. The van der Waals surface area contributed by atoms with E-state index in [0.717, 1.165) is 6.07 Å². The van der Waals surface area contributed by atoms with E-state index in [1.165, 1.54) is 17.1 Å². The van der Waals surface area contributed by atoms with Gasteiger partial charge in [0.05, 0.1) is 11.6 Å². The molecule has 0 saturated carbocycles. The Kier molecular flexibility index (Phi) is 7.84. The third kappa shape index (κ3) is 6.74. The highest BCUT2D eigenvalue weighted by molar-refractivity contribution is 6.30. The fraction of sp³-hybridized carbons (Fsp3) is 0.562. The van der Waals surface area contributed by atoms with Crippen molar-refractivity contribution >= 4 is 17.6 Å². The van der Waals surface area contributed by atoms with Crippen molar-refractivity contribution in [1.82, 2.24) is 10.4 Å². The number of benzene rings is 1.